The summed E-state index contributed by atoms with van der Waals surface area (Å²) in [4.78, 5) is 14.8. The number of anilines is 2. The molecule has 6 rings (SSSR count). The Morgan fingerprint density at radius 1 is 1.22 bits per heavy atom. The van der Waals surface area contributed by atoms with Crippen LogP contribution in [0.3, 0.4) is 0 Å². The Morgan fingerprint density at radius 2 is 2.00 bits per heavy atom. The lowest BCUT2D eigenvalue weighted by Gasteiger charge is -2.19. The molecule has 3 aromatic heterocycles. The number of nitriles is 1. The number of aromatic nitrogens is 3. The van der Waals surface area contributed by atoms with Crippen molar-refractivity contribution in [2.24, 2.45) is 0 Å². The van der Waals surface area contributed by atoms with Crippen molar-refractivity contribution in [2.75, 3.05) is 23.7 Å². The summed E-state index contributed by atoms with van der Waals surface area (Å²) < 4.78 is 51.4. The van der Waals surface area contributed by atoms with E-state index in [2.05, 4.69) is 20.3 Å². The number of benzene rings is 1. The highest BCUT2D eigenvalue weighted by molar-refractivity contribution is 7.23. The number of halogens is 3. The second kappa shape index (κ2) is 8.79. The Labute approximate surface area is 213 Å². The van der Waals surface area contributed by atoms with E-state index in [0.717, 1.165) is 17.5 Å². The lowest BCUT2D eigenvalue weighted by Crippen LogP contribution is -2.41. The van der Waals surface area contributed by atoms with Gasteiger partial charge in [-0.15, -0.1) is 11.3 Å². The van der Waals surface area contributed by atoms with Gasteiger partial charge < -0.3 is 20.7 Å². The maximum absolute atomic E-state index is 16.4. The van der Waals surface area contributed by atoms with Crippen molar-refractivity contribution in [1.29, 1.82) is 5.26 Å². The number of alkyl halides is 1. The van der Waals surface area contributed by atoms with Crippen molar-refractivity contribution in [3.05, 3.63) is 40.7 Å². The minimum atomic E-state index is -1.12. The Kier molecular flexibility index (Phi) is 5.67. The van der Waals surface area contributed by atoms with Crippen molar-refractivity contribution < 1.29 is 17.9 Å². The van der Waals surface area contributed by atoms with Crippen molar-refractivity contribution in [2.45, 2.75) is 45.3 Å². The van der Waals surface area contributed by atoms with Crippen LogP contribution in [-0.4, -0.2) is 46.3 Å². The highest BCUT2D eigenvalue weighted by Crippen LogP contribution is 2.45. The first kappa shape index (κ1) is 23.8. The van der Waals surface area contributed by atoms with Gasteiger partial charge in [0.05, 0.1) is 48.0 Å². The second-order valence-electron chi connectivity index (χ2n) is 9.53. The summed E-state index contributed by atoms with van der Waals surface area (Å²) in [5, 5.41) is 13.7. The summed E-state index contributed by atoms with van der Waals surface area (Å²) in [5.74, 6) is -1.12. The number of nitrogens with one attached hydrogen (secondary N) is 1. The number of hydrogen-bond acceptors (Lipinski definition) is 9. The zero-order valence-electron chi connectivity index (χ0n) is 20.0. The molecule has 37 heavy (non-hydrogen) atoms. The van der Waals surface area contributed by atoms with E-state index in [-0.39, 0.29) is 69.2 Å². The van der Waals surface area contributed by atoms with E-state index in [1.807, 2.05) is 19.9 Å². The van der Waals surface area contributed by atoms with Gasteiger partial charge >= 0.3 is 0 Å². The van der Waals surface area contributed by atoms with Gasteiger partial charge in [-0.05, 0) is 11.1 Å². The Hall–Kier alpha value is -3.53. The molecule has 0 spiro atoms. The molecule has 4 aromatic rings. The highest BCUT2D eigenvalue weighted by Gasteiger charge is 2.35. The predicted molar refractivity (Wildman–Crippen MR) is 135 cm³/mol. The fourth-order valence-electron chi connectivity index (χ4n) is 5.20. The van der Waals surface area contributed by atoms with E-state index in [0.29, 0.717) is 23.1 Å². The Bertz CT molecular complexity index is 1620. The third kappa shape index (κ3) is 3.68. The van der Waals surface area contributed by atoms with Gasteiger partial charge in [-0.3, -0.25) is 4.98 Å². The van der Waals surface area contributed by atoms with Gasteiger partial charge in [0.25, 0.3) is 0 Å². The highest BCUT2D eigenvalue weighted by atomic mass is 32.1. The molecule has 2 aliphatic heterocycles. The molecule has 1 aromatic carbocycles. The van der Waals surface area contributed by atoms with E-state index >= 15 is 4.39 Å². The van der Waals surface area contributed by atoms with E-state index in [4.69, 9.17) is 10.5 Å². The first-order chi connectivity index (χ1) is 17.8. The number of fused-ring (bicyclic) bond motifs is 4. The van der Waals surface area contributed by atoms with E-state index in [9.17, 15) is 14.0 Å². The van der Waals surface area contributed by atoms with Gasteiger partial charge in [0, 0.05) is 35.1 Å². The average Bonchev–Trinajstić information content (AvgIpc) is 3.57. The fraction of sp³-hybridized carbons (Fsp3) is 0.360. The summed E-state index contributed by atoms with van der Waals surface area (Å²) in [7, 11) is 0. The van der Waals surface area contributed by atoms with Gasteiger partial charge in [-0.25, -0.2) is 23.1 Å². The van der Waals surface area contributed by atoms with Gasteiger partial charge in [-0.1, -0.05) is 13.8 Å². The van der Waals surface area contributed by atoms with Crippen molar-refractivity contribution in [1.82, 2.24) is 20.3 Å². The van der Waals surface area contributed by atoms with Crippen LogP contribution in [-0.2, 0) is 18.0 Å². The van der Waals surface area contributed by atoms with E-state index in [1.165, 1.54) is 6.20 Å². The van der Waals surface area contributed by atoms with Gasteiger partial charge in [-0.2, -0.15) is 5.26 Å². The van der Waals surface area contributed by atoms with Crippen LogP contribution < -0.4 is 16.0 Å². The number of ether oxygens (including phenoxy) is 1. The van der Waals surface area contributed by atoms with Crippen LogP contribution in [0.25, 0.3) is 32.2 Å². The number of rotatable bonds is 4. The molecular formula is C25H22F3N7OS. The largest absolute Gasteiger partial charge is 0.389 e. The molecule has 0 saturated carbocycles. The lowest BCUT2D eigenvalue weighted by atomic mass is 9.94. The summed E-state index contributed by atoms with van der Waals surface area (Å²) in [6.07, 6.45) is 1.41. The van der Waals surface area contributed by atoms with E-state index in [1.54, 1.807) is 4.90 Å². The monoisotopic (exact) mass is 525 g/mol. The zero-order chi connectivity index (χ0) is 26.0. The first-order valence-electron chi connectivity index (χ1n) is 11.8. The number of thiophene rings is 1. The molecule has 1 fully saturated rings. The Morgan fingerprint density at radius 3 is 2.76 bits per heavy atom. The normalized spacial score (nSPS) is 19.3. The summed E-state index contributed by atoms with van der Waals surface area (Å²) in [6, 6.07) is 1.71. The Balaban J connectivity index is 1.55. The molecule has 2 aliphatic rings. The molecule has 0 amide bonds. The second-order valence-corrected chi connectivity index (χ2v) is 10.6. The summed E-state index contributed by atoms with van der Waals surface area (Å²) in [6.45, 7) is 4.63. The third-order valence-corrected chi connectivity index (χ3v) is 7.84. The molecule has 8 nitrogen and oxygen atoms in total. The van der Waals surface area contributed by atoms with Crippen LogP contribution in [0.4, 0.5) is 24.1 Å². The van der Waals surface area contributed by atoms with Crippen molar-refractivity contribution in [3.8, 4) is 17.3 Å². The number of pyridine rings is 1. The topological polar surface area (TPSA) is 113 Å². The maximum Gasteiger partial charge on any atom is 0.226 e. The van der Waals surface area contributed by atoms with Gasteiger partial charge in [0.15, 0.2) is 11.6 Å². The third-order valence-electron chi connectivity index (χ3n) is 6.81. The van der Waals surface area contributed by atoms with Gasteiger partial charge in [0.1, 0.15) is 22.8 Å². The number of nitrogen functional groups attached to an aromatic ring is 1. The predicted octanol–water partition coefficient (Wildman–Crippen LogP) is 4.19. The quantitative estimate of drug-likeness (QED) is 0.408. The molecule has 0 aliphatic carbocycles. The average molecular weight is 526 g/mol. The SMILES string of the molecule is CC(C)N[C@H]1CN(c2ncc3c4c(c(-c5ncc(F)c6sc(N)c(C#N)c56)c(F)c3n2)COC4)C[C@@H]1F. The first-order valence-corrected chi connectivity index (χ1v) is 12.6. The standard InChI is InChI=1S/C25H22F3N7OS/c1-10(2)33-17-7-35(6-16(17)27)25-32-4-12-13-8-36-9-14(13)18(20(28)21(12)34-25)22-19-11(3-29)24(30)37-23(19)15(26)5-31-22/h4-5,10,16-17,33H,6-9,30H2,1-2H3/t16-,17-/m0/s1. The van der Waals surface area contributed by atoms with E-state index < -0.39 is 23.8 Å². The summed E-state index contributed by atoms with van der Waals surface area (Å²) >= 11 is 0.918. The van der Waals surface area contributed by atoms with Crippen LogP contribution in [0.15, 0.2) is 12.4 Å². The maximum atomic E-state index is 16.4. The zero-order valence-corrected chi connectivity index (χ0v) is 20.8. The molecule has 3 N–H and O–H groups in total. The molecule has 1 saturated heterocycles. The van der Waals surface area contributed by atoms with Crippen molar-refractivity contribution >= 4 is 43.3 Å². The minimum Gasteiger partial charge on any atom is -0.389 e. The van der Waals surface area contributed by atoms with Crippen LogP contribution >= 0.6 is 11.3 Å². The van der Waals surface area contributed by atoms with Crippen molar-refractivity contribution in [3.63, 3.8) is 0 Å². The number of nitrogens with zero attached hydrogens (tertiary/aromatic N) is 5. The molecule has 190 valence electrons. The van der Waals surface area contributed by atoms with Gasteiger partial charge in [0.2, 0.25) is 5.95 Å². The molecule has 2 atom stereocenters. The molecule has 0 bridgehead atoms. The molecule has 0 unspecified atom stereocenters. The van der Waals surface area contributed by atoms with Crippen LogP contribution in [0.2, 0.25) is 0 Å². The number of hydrogen-bond donors (Lipinski definition) is 2. The summed E-state index contributed by atoms with van der Waals surface area (Å²) in [5.41, 5.74) is 7.50. The smallest absolute Gasteiger partial charge is 0.226 e. The molecule has 0 radical (unpaired) electrons. The lowest BCUT2D eigenvalue weighted by molar-refractivity contribution is 0.135. The minimum absolute atomic E-state index is 0.0286. The van der Waals surface area contributed by atoms with Crippen LogP contribution in [0.1, 0.15) is 30.5 Å². The molecule has 5 heterocycles. The number of nitrogens with two attached hydrogens (primary N) is 1. The fourth-order valence-corrected chi connectivity index (χ4v) is 6.12. The molecule has 12 heteroatoms. The van der Waals surface area contributed by atoms with Crippen LogP contribution in [0, 0.1) is 23.0 Å². The van der Waals surface area contributed by atoms with Crippen LogP contribution in [0.5, 0.6) is 0 Å². The molecular weight excluding hydrogens is 503 g/mol.